The smallest absolute Gasteiger partial charge is 0.118 e. The molecule has 16 heavy (non-hydrogen) atoms. The average molecular weight is 215 g/mol. The maximum atomic E-state index is 9.46. The van der Waals surface area contributed by atoms with Gasteiger partial charge in [-0.1, -0.05) is 12.2 Å². The molecule has 0 heterocycles. The summed E-state index contributed by atoms with van der Waals surface area (Å²) >= 11 is 0. The fraction of sp³-hybridized carbons (Fsp3) is 0.429. The van der Waals surface area contributed by atoms with Gasteiger partial charge in [0.05, 0.1) is 0 Å². The Morgan fingerprint density at radius 2 is 2.25 bits per heavy atom. The van der Waals surface area contributed by atoms with Gasteiger partial charge in [0.25, 0.3) is 0 Å². The van der Waals surface area contributed by atoms with Crippen molar-refractivity contribution >= 4 is 5.69 Å². The lowest BCUT2D eigenvalue weighted by Crippen LogP contribution is -2.43. The lowest BCUT2D eigenvalue weighted by Gasteiger charge is -2.41. The quantitative estimate of drug-likeness (QED) is 0.587. The van der Waals surface area contributed by atoms with Crippen molar-refractivity contribution in [2.45, 2.75) is 25.8 Å². The van der Waals surface area contributed by atoms with E-state index in [9.17, 15) is 5.11 Å². The third-order valence-corrected chi connectivity index (χ3v) is 3.91. The van der Waals surface area contributed by atoms with Crippen LogP contribution in [0.3, 0.4) is 0 Å². The van der Waals surface area contributed by atoms with Crippen LogP contribution in [0, 0.1) is 18.8 Å². The van der Waals surface area contributed by atoms with Crippen molar-refractivity contribution in [3.05, 3.63) is 35.9 Å². The predicted octanol–water partition coefficient (Wildman–Crippen LogP) is 3.08. The number of aryl methyl sites for hydroxylation is 1. The van der Waals surface area contributed by atoms with Crippen LogP contribution in [-0.4, -0.2) is 11.1 Å². The van der Waals surface area contributed by atoms with Crippen LogP contribution in [0.15, 0.2) is 30.4 Å². The highest BCUT2D eigenvalue weighted by atomic mass is 16.3. The Hall–Kier alpha value is -1.44. The first kappa shape index (κ1) is 9.76. The van der Waals surface area contributed by atoms with Crippen LogP contribution < -0.4 is 5.32 Å². The van der Waals surface area contributed by atoms with E-state index in [2.05, 4.69) is 17.5 Å². The summed E-state index contributed by atoms with van der Waals surface area (Å²) in [5.74, 6) is 1.99. The van der Waals surface area contributed by atoms with E-state index in [0.717, 1.165) is 23.1 Å². The van der Waals surface area contributed by atoms with Crippen molar-refractivity contribution in [3.8, 4) is 5.75 Å². The highest BCUT2D eigenvalue weighted by Gasteiger charge is 2.40. The van der Waals surface area contributed by atoms with Gasteiger partial charge in [0.1, 0.15) is 5.75 Å². The molecule has 3 atom stereocenters. The van der Waals surface area contributed by atoms with Gasteiger partial charge in [0.15, 0.2) is 0 Å². The normalized spacial score (nSPS) is 30.9. The number of benzene rings is 1. The lowest BCUT2D eigenvalue weighted by atomic mass is 9.71. The summed E-state index contributed by atoms with van der Waals surface area (Å²) in [6.45, 7) is 1.93. The Labute approximate surface area is 96.0 Å². The monoisotopic (exact) mass is 215 g/mol. The number of rotatable bonds is 2. The summed E-state index contributed by atoms with van der Waals surface area (Å²) in [7, 11) is 0. The van der Waals surface area contributed by atoms with Crippen LogP contribution in [0.2, 0.25) is 0 Å². The maximum Gasteiger partial charge on any atom is 0.118 e. The minimum atomic E-state index is 0.373. The van der Waals surface area contributed by atoms with Crippen LogP contribution in [0.25, 0.3) is 0 Å². The molecule has 2 nitrogen and oxygen atoms in total. The second kappa shape index (κ2) is 3.55. The van der Waals surface area contributed by atoms with Gasteiger partial charge in [-0.25, -0.2) is 0 Å². The first-order valence-corrected chi connectivity index (χ1v) is 5.97. The zero-order valence-corrected chi connectivity index (χ0v) is 9.48. The van der Waals surface area contributed by atoms with Crippen molar-refractivity contribution in [3.63, 3.8) is 0 Å². The number of hydrogen-bond acceptors (Lipinski definition) is 2. The average Bonchev–Trinajstić information content (AvgIpc) is 2.61. The topological polar surface area (TPSA) is 32.3 Å². The summed E-state index contributed by atoms with van der Waals surface area (Å²) in [5.41, 5.74) is 2.06. The molecule has 0 spiro atoms. The van der Waals surface area contributed by atoms with E-state index in [4.69, 9.17) is 0 Å². The molecule has 3 unspecified atom stereocenters. The van der Waals surface area contributed by atoms with E-state index < -0.39 is 0 Å². The molecule has 1 aromatic carbocycles. The third kappa shape index (κ3) is 1.49. The third-order valence-electron chi connectivity index (χ3n) is 3.91. The van der Waals surface area contributed by atoms with Gasteiger partial charge in [0, 0.05) is 17.6 Å². The summed E-state index contributed by atoms with van der Waals surface area (Å²) in [6.07, 6.45) is 7.19. The van der Waals surface area contributed by atoms with E-state index in [-0.39, 0.29) is 0 Å². The lowest BCUT2D eigenvalue weighted by molar-refractivity contribution is 0.218. The predicted molar refractivity (Wildman–Crippen MR) is 65.6 cm³/mol. The molecule has 2 heteroatoms. The summed E-state index contributed by atoms with van der Waals surface area (Å²) in [4.78, 5) is 0. The highest BCUT2D eigenvalue weighted by molar-refractivity contribution is 5.51. The summed E-state index contributed by atoms with van der Waals surface area (Å²) in [6, 6.07) is 6.32. The van der Waals surface area contributed by atoms with Crippen molar-refractivity contribution < 1.29 is 5.11 Å². The molecule has 0 bridgehead atoms. The molecule has 0 amide bonds. The van der Waals surface area contributed by atoms with Crippen LogP contribution in [-0.2, 0) is 0 Å². The van der Waals surface area contributed by atoms with E-state index >= 15 is 0 Å². The summed E-state index contributed by atoms with van der Waals surface area (Å²) < 4.78 is 0. The first-order valence-electron chi connectivity index (χ1n) is 5.97. The number of anilines is 1. The Balaban J connectivity index is 1.70. The van der Waals surface area contributed by atoms with Crippen LogP contribution in [0.1, 0.15) is 18.4 Å². The number of nitrogens with one attached hydrogen (secondary N) is 1. The molecule has 0 saturated heterocycles. The molecule has 1 fully saturated rings. The molecule has 2 aliphatic rings. The number of aromatic hydroxyl groups is 1. The second-order valence-corrected chi connectivity index (χ2v) is 4.99. The number of phenols is 1. The Kier molecular flexibility index (Phi) is 2.16. The van der Waals surface area contributed by atoms with E-state index in [1.165, 1.54) is 12.8 Å². The van der Waals surface area contributed by atoms with E-state index in [0.29, 0.717) is 11.8 Å². The van der Waals surface area contributed by atoms with Crippen LogP contribution >= 0.6 is 0 Å². The van der Waals surface area contributed by atoms with E-state index in [1.54, 1.807) is 6.07 Å². The summed E-state index contributed by atoms with van der Waals surface area (Å²) in [5, 5.41) is 13.0. The first-order chi connectivity index (χ1) is 7.74. The van der Waals surface area contributed by atoms with Crippen molar-refractivity contribution in [2.24, 2.45) is 11.8 Å². The fourth-order valence-electron chi connectivity index (χ4n) is 2.84. The zero-order valence-electron chi connectivity index (χ0n) is 9.48. The molecule has 0 aliphatic heterocycles. The molecule has 84 valence electrons. The van der Waals surface area contributed by atoms with Crippen LogP contribution in [0.5, 0.6) is 5.75 Å². The molecule has 2 N–H and O–H groups in total. The standard InChI is InChI=1S/C14H17NO/c1-9-7-11(5-6-14(9)16)15-13-8-10-3-2-4-12(10)13/h2,4-7,10,12-13,15-16H,3,8H2,1H3. The van der Waals surface area contributed by atoms with Gasteiger partial charge in [0.2, 0.25) is 0 Å². The molecular formula is C14H17NO. The maximum absolute atomic E-state index is 9.46. The minimum absolute atomic E-state index is 0.373. The van der Waals surface area contributed by atoms with Crippen molar-refractivity contribution in [2.75, 3.05) is 5.32 Å². The van der Waals surface area contributed by atoms with Crippen molar-refractivity contribution in [1.29, 1.82) is 0 Å². The number of allylic oxidation sites excluding steroid dienone is 1. The number of phenolic OH excluding ortho intramolecular Hbond substituents is 1. The molecule has 3 rings (SSSR count). The minimum Gasteiger partial charge on any atom is -0.508 e. The zero-order chi connectivity index (χ0) is 11.1. The Bertz CT molecular complexity index is 438. The van der Waals surface area contributed by atoms with Crippen LogP contribution in [0.4, 0.5) is 5.69 Å². The highest BCUT2D eigenvalue weighted by Crippen LogP contribution is 2.44. The molecular weight excluding hydrogens is 198 g/mol. The number of fused-ring (bicyclic) bond motifs is 1. The van der Waals surface area contributed by atoms with Gasteiger partial charge in [-0.2, -0.15) is 0 Å². The largest absolute Gasteiger partial charge is 0.508 e. The molecule has 0 radical (unpaired) electrons. The molecule has 2 aliphatic carbocycles. The van der Waals surface area contributed by atoms with Gasteiger partial charge >= 0.3 is 0 Å². The SMILES string of the molecule is Cc1cc(NC2CC3CC=CC32)ccc1O. The van der Waals surface area contributed by atoms with Gasteiger partial charge in [-0.15, -0.1) is 0 Å². The number of hydrogen-bond donors (Lipinski definition) is 2. The Morgan fingerprint density at radius 3 is 3.00 bits per heavy atom. The second-order valence-electron chi connectivity index (χ2n) is 4.99. The van der Waals surface area contributed by atoms with Gasteiger partial charge in [-0.3, -0.25) is 0 Å². The van der Waals surface area contributed by atoms with E-state index in [1.807, 2.05) is 19.1 Å². The molecule has 1 saturated carbocycles. The van der Waals surface area contributed by atoms with Crippen molar-refractivity contribution in [1.82, 2.24) is 0 Å². The van der Waals surface area contributed by atoms with Gasteiger partial charge < -0.3 is 10.4 Å². The molecule has 1 aromatic rings. The van der Waals surface area contributed by atoms with Gasteiger partial charge in [-0.05, 0) is 49.4 Å². The molecule has 0 aromatic heterocycles. The fourth-order valence-corrected chi connectivity index (χ4v) is 2.84. The Morgan fingerprint density at radius 1 is 1.38 bits per heavy atom.